The Morgan fingerprint density at radius 3 is 2.41 bits per heavy atom. The molecule has 3 aromatic carbocycles. The molecular formula is C28H25ClF3IN2O3S. The molecule has 5 nitrogen and oxygen atoms in total. The van der Waals surface area contributed by atoms with Crippen molar-refractivity contribution in [2.45, 2.75) is 43.2 Å². The first-order chi connectivity index (χ1) is 18.3. The van der Waals surface area contributed by atoms with E-state index in [1.165, 1.54) is 24.3 Å². The summed E-state index contributed by atoms with van der Waals surface area (Å²) in [6, 6.07) is 15.6. The summed E-state index contributed by atoms with van der Waals surface area (Å²) < 4.78 is 49.6. The first kappa shape index (κ1) is 29.7. The zero-order chi connectivity index (χ0) is 28.5. The van der Waals surface area contributed by atoms with Gasteiger partial charge in [-0.3, -0.25) is 9.59 Å². The quantitative estimate of drug-likeness (QED) is 0.259. The molecule has 0 radical (unpaired) electrons. The van der Waals surface area contributed by atoms with Crippen molar-refractivity contribution < 1.29 is 27.5 Å². The lowest BCUT2D eigenvalue weighted by atomic mass is 10.0. The number of carbonyl (C=O) groups is 2. The molecule has 1 fully saturated rings. The van der Waals surface area contributed by atoms with E-state index in [1.807, 2.05) is 36.4 Å². The molecule has 0 bridgehead atoms. The van der Waals surface area contributed by atoms with Gasteiger partial charge in [0.05, 0.1) is 23.0 Å². The van der Waals surface area contributed by atoms with Crippen molar-refractivity contribution in [2.24, 2.45) is 0 Å². The lowest BCUT2D eigenvalue weighted by Gasteiger charge is -2.31. The highest BCUT2D eigenvalue weighted by Crippen LogP contribution is 2.60. The lowest BCUT2D eigenvalue weighted by Crippen LogP contribution is -2.39. The van der Waals surface area contributed by atoms with E-state index in [4.69, 9.17) is 16.3 Å². The highest BCUT2D eigenvalue weighted by molar-refractivity contribution is 14.1. The van der Waals surface area contributed by atoms with Crippen LogP contribution in [-0.4, -0.2) is 30.6 Å². The number of benzene rings is 3. The van der Waals surface area contributed by atoms with Crippen molar-refractivity contribution in [1.29, 1.82) is 0 Å². The van der Waals surface area contributed by atoms with E-state index < -0.39 is 22.3 Å². The van der Waals surface area contributed by atoms with Crippen LogP contribution >= 0.6 is 46.0 Å². The largest absolute Gasteiger partial charge is 0.431 e. The van der Waals surface area contributed by atoms with Crippen LogP contribution in [0.15, 0.2) is 60.7 Å². The number of amides is 2. The monoisotopic (exact) mass is 688 g/mol. The Morgan fingerprint density at radius 2 is 1.79 bits per heavy atom. The van der Waals surface area contributed by atoms with E-state index in [1.54, 1.807) is 43.3 Å². The van der Waals surface area contributed by atoms with E-state index in [0.29, 0.717) is 37.2 Å². The second-order valence-corrected chi connectivity index (χ2v) is 12.3. The highest BCUT2D eigenvalue weighted by atomic mass is 127. The molecule has 0 aromatic heterocycles. The lowest BCUT2D eigenvalue weighted by molar-refractivity contribution is -0.236. The number of alkyl halides is 3. The van der Waals surface area contributed by atoms with Gasteiger partial charge in [-0.1, -0.05) is 35.9 Å². The summed E-state index contributed by atoms with van der Waals surface area (Å²) in [6.45, 7) is 5.12. The molecule has 1 aliphatic heterocycles. The van der Waals surface area contributed by atoms with Gasteiger partial charge in [-0.15, -0.1) is 11.8 Å². The number of carbonyl (C=O) groups excluding carboxylic acids is 2. The Labute approximate surface area is 247 Å². The molecule has 2 N–H and O–H groups in total. The van der Waals surface area contributed by atoms with Crippen molar-refractivity contribution in [3.63, 3.8) is 0 Å². The van der Waals surface area contributed by atoms with E-state index in [9.17, 15) is 22.8 Å². The second kappa shape index (κ2) is 11.7. The minimum Gasteiger partial charge on any atom is -0.350 e. The Hall–Kier alpha value is -2.28. The van der Waals surface area contributed by atoms with Gasteiger partial charge in [-0.2, -0.15) is 13.2 Å². The van der Waals surface area contributed by atoms with Gasteiger partial charge >= 0.3 is 6.18 Å². The number of thioether (sulfide) groups is 1. The summed E-state index contributed by atoms with van der Waals surface area (Å²) >= 11 is 8.62. The van der Waals surface area contributed by atoms with Crippen LogP contribution in [0.1, 0.15) is 56.5 Å². The standard InChI is InChI=1S/C28H25ClF3IN2O3S/c1-15(2)34-26(37)24-20(5-4-6-21(24)33)25(36)35-22-12-9-18(13-16(22)3)27(28(30,31)32)38-14-23(39-27)17-7-10-19(29)11-8-17/h4-13,15,23H,14H2,1-3H3,(H,34,37)(H,35,36). The molecule has 0 spiro atoms. The average molecular weight is 689 g/mol. The van der Waals surface area contributed by atoms with Crippen LogP contribution in [0, 0.1) is 10.5 Å². The predicted octanol–water partition coefficient (Wildman–Crippen LogP) is 7.86. The molecule has 1 saturated heterocycles. The van der Waals surface area contributed by atoms with Gasteiger partial charge in [-0.25, -0.2) is 0 Å². The van der Waals surface area contributed by atoms with Crippen LogP contribution in [0.3, 0.4) is 0 Å². The molecule has 11 heteroatoms. The predicted molar refractivity (Wildman–Crippen MR) is 156 cm³/mol. The number of aryl methyl sites for hydroxylation is 1. The van der Waals surface area contributed by atoms with Crippen LogP contribution in [0.25, 0.3) is 0 Å². The van der Waals surface area contributed by atoms with Crippen LogP contribution in [0.4, 0.5) is 18.9 Å². The molecule has 2 unspecified atom stereocenters. The first-order valence-electron chi connectivity index (χ1n) is 12.0. The van der Waals surface area contributed by atoms with Gasteiger partial charge in [0.15, 0.2) is 0 Å². The second-order valence-electron chi connectivity index (χ2n) is 9.36. The summed E-state index contributed by atoms with van der Waals surface area (Å²) in [5.74, 6) is -0.928. The first-order valence-corrected chi connectivity index (χ1v) is 14.3. The molecule has 3 aromatic rings. The van der Waals surface area contributed by atoms with Crippen LogP contribution in [0.5, 0.6) is 0 Å². The Balaban J connectivity index is 1.62. The number of ether oxygens (including phenoxy) is 1. The summed E-state index contributed by atoms with van der Waals surface area (Å²) in [5.41, 5.74) is 1.76. The van der Waals surface area contributed by atoms with Crippen LogP contribution < -0.4 is 10.6 Å². The normalized spacial score (nSPS) is 19.3. The third-order valence-corrected chi connectivity index (χ3v) is 8.88. The fourth-order valence-corrected chi connectivity index (χ4v) is 6.48. The fourth-order valence-electron chi connectivity index (χ4n) is 4.24. The molecule has 0 saturated carbocycles. The zero-order valence-electron chi connectivity index (χ0n) is 21.2. The number of halogens is 5. The minimum absolute atomic E-state index is 0.0711. The number of rotatable bonds is 6. The molecule has 206 valence electrons. The van der Waals surface area contributed by atoms with Gasteiger partial charge < -0.3 is 15.4 Å². The van der Waals surface area contributed by atoms with Crippen molar-refractivity contribution >= 4 is 63.5 Å². The molecule has 2 amide bonds. The molecule has 4 rings (SSSR count). The number of hydrogen-bond acceptors (Lipinski definition) is 4. The Bertz CT molecular complexity index is 1400. The van der Waals surface area contributed by atoms with E-state index in [-0.39, 0.29) is 35.2 Å². The van der Waals surface area contributed by atoms with Gasteiger partial charge in [0.25, 0.3) is 11.8 Å². The zero-order valence-corrected chi connectivity index (χ0v) is 24.9. The van der Waals surface area contributed by atoms with Crippen molar-refractivity contribution in [3.05, 3.63) is 97.1 Å². The summed E-state index contributed by atoms with van der Waals surface area (Å²) in [4.78, 5) is 23.4. The van der Waals surface area contributed by atoms with Crippen molar-refractivity contribution in [2.75, 3.05) is 11.9 Å². The van der Waals surface area contributed by atoms with E-state index >= 15 is 0 Å². The van der Waals surface area contributed by atoms with Gasteiger partial charge in [0.2, 0.25) is 4.93 Å². The molecule has 39 heavy (non-hydrogen) atoms. The third-order valence-electron chi connectivity index (χ3n) is 6.12. The summed E-state index contributed by atoms with van der Waals surface area (Å²) in [6.07, 6.45) is -4.70. The fraction of sp³-hybridized carbons (Fsp3) is 0.286. The van der Waals surface area contributed by atoms with Gasteiger partial charge in [-0.05, 0) is 90.9 Å². The number of anilines is 1. The average Bonchev–Trinajstić information content (AvgIpc) is 3.32. The Morgan fingerprint density at radius 1 is 1.10 bits per heavy atom. The molecule has 1 aliphatic rings. The Kier molecular flexibility index (Phi) is 8.89. The SMILES string of the molecule is Cc1cc(C2(C(F)(F)F)OCC(c3ccc(Cl)cc3)S2)ccc1NC(=O)c1cccc(I)c1C(=O)NC(C)C. The smallest absolute Gasteiger partial charge is 0.350 e. The van der Waals surface area contributed by atoms with Crippen LogP contribution in [-0.2, 0) is 9.67 Å². The minimum atomic E-state index is -4.70. The maximum atomic E-state index is 14.5. The van der Waals surface area contributed by atoms with E-state index in [0.717, 1.165) is 0 Å². The molecule has 1 heterocycles. The third kappa shape index (κ3) is 6.23. The molecular weight excluding hydrogens is 664 g/mol. The summed E-state index contributed by atoms with van der Waals surface area (Å²) in [7, 11) is 0. The van der Waals surface area contributed by atoms with Gasteiger partial charge in [0, 0.05) is 25.9 Å². The highest BCUT2D eigenvalue weighted by Gasteiger charge is 2.62. The van der Waals surface area contributed by atoms with Crippen molar-refractivity contribution in [1.82, 2.24) is 5.32 Å². The number of hydrogen-bond donors (Lipinski definition) is 2. The van der Waals surface area contributed by atoms with Crippen LogP contribution in [0.2, 0.25) is 5.02 Å². The number of nitrogens with one attached hydrogen (secondary N) is 2. The van der Waals surface area contributed by atoms with E-state index in [2.05, 4.69) is 10.6 Å². The van der Waals surface area contributed by atoms with Crippen molar-refractivity contribution in [3.8, 4) is 0 Å². The molecule has 2 atom stereocenters. The van der Waals surface area contributed by atoms with Gasteiger partial charge in [0.1, 0.15) is 0 Å². The topological polar surface area (TPSA) is 67.4 Å². The summed E-state index contributed by atoms with van der Waals surface area (Å²) in [5, 5.41) is 5.49. The molecule has 0 aliphatic carbocycles. The maximum Gasteiger partial charge on any atom is 0.431 e. The maximum absolute atomic E-state index is 14.5.